The molecule has 3 aromatic rings. The molecular formula is C18H17FN6O2. The van der Waals surface area contributed by atoms with Crippen molar-refractivity contribution in [3.63, 3.8) is 0 Å². The van der Waals surface area contributed by atoms with Gasteiger partial charge in [0.2, 0.25) is 5.65 Å². The molecule has 27 heavy (non-hydrogen) atoms. The van der Waals surface area contributed by atoms with E-state index in [0.29, 0.717) is 60.9 Å². The average Bonchev–Trinajstić information content (AvgIpc) is 2.69. The van der Waals surface area contributed by atoms with E-state index >= 15 is 0 Å². The molecule has 1 aliphatic heterocycles. The number of rotatable bonds is 4. The van der Waals surface area contributed by atoms with Crippen LogP contribution in [0.25, 0.3) is 22.6 Å². The van der Waals surface area contributed by atoms with Crippen LogP contribution in [0.1, 0.15) is 19.8 Å². The number of carbonyl (C=O) groups excluding carboxylic acids is 1. The quantitative estimate of drug-likeness (QED) is 0.692. The van der Waals surface area contributed by atoms with Crippen LogP contribution in [0.15, 0.2) is 24.3 Å². The van der Waals surface area contributed by atoms with E-state index in [1.165, 1.54) is 12.1 Å². The summed E-state index contributed by atoms with van der Waals surface area (Å²) >= 11 is 0. The molecule has 3 heterocycles. The van der Waals surface area contributed by atoms with Crippen molar-refractivity contribution in [2.24, 2.45) is 0 Å². The van der Waals surface area contributed by atoms with Crippen LogP contribution in [0.2, 0.25) is 0 Å². The summed E-state index contributed by atoms with van der Waals surface area (Å²) in [6.07, 6.45) is 0.914. The maximum absolute atomic E-state index is 13.2. The molecule has 0 spiro atoms. The number of anilines is 1. The molecule has 8 nitrogen and oxygen atoms in total. The Bertz CT molecular complexity index is 985. The zero-order valence-corrected chi connectivity index (χ0v) is 14.7. The molecule has 0 unspecified atom stereocenters. The van der Waals surface area contributed by atoms with Crippen LogP contribution in [0.4, 0.5) is 10.2 Å². The van der Waals surface area contributed by atoms with Gasteiger partial charge in [-0.15, -0.1) is 10.2 Å². The van der Waals surface area contributed by atoms with E-state index < -0.39 is 0 Å². The summed E-state index contributed by atoms with van der Waals surface area (Å²) < 4.78 is 18.6. The minimum atomic E-state index is -0.337. The predicted molar refractivity (Wildman–Crippen MR) is 95.9 cm³/mol. The van der Waals surface area contributed by atoms with E-state index in [-0.39, 0.29) is 17.6 Å². The number of piperidine rings is 1. The smallest absolute Gasteiger partial charge is 0.320 e. The maximum Gasteiger partial charge on any atom is 0.320 e. The molecule has 0 atom stereocenters. The van der Waals surface area contributed by atoms with Crippen LogP contribution in [0.5, 0.6) is 6.01 Å². The number of nitrogens with zero attached hydrogens (tertiary/aromatic N) is 6. The van der Waals surface area contributed by atoms with Gasteiger partial charge in [-0.05, 0) is 31.2 Å². The third kappa shape index (κ3) is 3.53. The first kappa shape index (κ1) is 17.2. The lowest BCUT2D eigenvalue weighted by molar-refractivity contribution is -0.119. The zero-order valence-electron chi connectivity index (χ0n) is 14.7. The summed E-state index contributed by atoms with van der Waals surface area (Å²) in [7, 11) is 0. The molecule has 0 radical (unpaired) electrons. The van der Waals surface area contributed by atoms with Crippen LogP contribution >= 0.6 is 0 Å². The number of hydrogen-bond donors (Lipinski definition) is 0. The highest BCUT2D eigenvalue weighted by Gasteiger charge is 2.23. The van der Waals surface area contributed by atoms with Gasteiger partial charge in [0.1, 0.15) is 11.6 Å². The van der Waals surface area contributed by atoms with Crippen LogP contribution in [0, 0.1) is 5.82 Å². The molecule has 1 aliphatic rings. The van der Waals surface area contributed by atoms with Gasteiger partial charge in [-0.25, -0.2) is 9.37 Å². The molecule has 1 aromatic carbocycles. The highest BCUT2D eigenvalue weighted by molar-refractivity contribution is 5.86. The molecule has 0 amide bonds. The van der Waals surface area contributed by atoms with Gasteiger partial charge in [0.15, 0.2) is 17.2 Å². The van der Waals surface area contributed by atoms with Gasteiger partial charge in [0, 0.05) is 31.5 Å². The molecular weight excluding hydrogens is 351 g/mol. The van der Waals surface area contributed by atoms with Crippen molar-refractivity contribution in [2.45, 2.75) is 19.8 Å². The van der Waals surface area contributed by atoms with Gasteiger partial charge < -0.3 is 9.64 Å². The second-order valence-corrected chi connectivity index (χ2v) is 6.10. The monoisotopic (exact) mass is 368 g/mol. The number of halogens is 1. The molecule has 0 aliphatic carbocycles. The summed E-state index contributed by atoms with van der Waals surface area (Å²) in [4.78, 5) is 26.9. The topological polar surface area (TPSA) is 94.0 Å². The van der Waals surface area contributed by atoms with E-state index in [1.807, 2.05) is 11.8 Å². The predicted octanol–water partition coefficient (Wildman–Crippen LogP) is 2.19. The van der Waals surface area contributed by atoms with Crippen LogP contribution in [-0.4, -0.2) is 50.6 Å². The summed E-state index contributed by atoms with van der Waals surface area (Å²) in [6, 6.07) is 6.06. The first-order valence-corrected chi connectivity index (χ1v) is 8.72. The summed E-state index contributed by atoms with van der Waals surface area (Å²) in [5.74, 6) is 0.809. The first-order valence-electron chi connectivity index (χ1n) is 8.72. The van der Waals surface area contributed by atoms with E-state index in [1.54, 1.807) is 12.1 Å². The minimum Gasteiger partial charge on any atom is -0.464 e. The Balaban J connectivity index is 1.82. The number of fused-ring (bicyclic) bond motifs is 1. The fourth-order valence-corrected chi connectivity index (χ4v) is 2.91. The Kier molecular flexibility index (Phi) is 4.57. The lowest BCUT2D eigenvalue weighted by atomic mass is 10.1. The van der Waals surface area contributed by atoms with Crippen molar-refractivity contribution in [2.75, 3.05) is 24.6 Å². The summed E-state index contributed by atoms with van der Waals surface area (Å²) in [6.45, 7) is 3.35. The molecule has 4 rings (SSSR count). The Morgan fingerprint density at radius 3 is 2.52 bits per heavy atom. The number of Topliss-reactive ketones (excluding diaryl/α,β-unsaturated/α-hetero) is 1. The lowest BCUT2D eigenvalue weighted by Crippen LogP contribution is -2.34. The third-order valence-electron chi connectivity index (χ3n) is 4.28. The number of ether oxygens (including phenoxy) is 1. The Morgan fingerprint density at radius 2 is 1.81 bits per heavy atom. The zero-order chi connectivity index (χ0) is 18.8. The minimum absolute atomic E-state index is 0.197. The second-order valence-electron chi connectivity index (χ2n) is 6.10. The van der Waals surface area contributed by atoms with Gasteiger partial charge in [-0.2, -0.15) is 9.97 Å². The first-order chi connectivity index (χ1) is 13.1. The molecule has 138 valence electrons. The molecule has 0 N–H and O–H groups in total. The van der Waals surface area contributed by atoms with Crippen LogP contribution in [0.3, 0.4) is 0 Å². The van der Waals surface area contributed by atoms with E-state index in [2.05, 4.69) is 25.1 Å². The summed E-state index contributed by atoms with van der Waals surface area (Å²) in [5, 5.41) is 8.27. The number of aromatic nitrogens is 5. The van der Waals surface area contributed by atoms with Gasteiger partial charge >= 0.3 is 6.01 Å². The number of carbonyl (C=O) groups is 1. The fourth-order valence-electron chi connectivity index (χ4n) is 2.91. The fraction of sp³-hybridized carbons (Fsp3) is 0.333. The van der Waals surface area contributed by atoms with Gasteiger partial charge in [-0.1, -0.05) is 0 Å². The van der Waals surface area contributed by atoms with Crippen molar-refractivity contribution in [1.82, 2.24) is 25.1 Å². The molecule has 1 fully saturated rings. The summed E-state index contributed by atoms with van der Waals surface area (Å²) in [5.41, 5.74) is 1.42. The van der Waals surface area contributed by atoms with E-state index in [4.69, 9.17) is 4.74 Å². The highest BCUT2D eigenvalue weighted by Crippen LogP contribution is 2.27. The molecule has 0 saturated carbocycles. The Labute approximate surface area is 154 Å². The Morgan fingerprint density at radius 1 is 1.07 bits per heavy atom. The van der Waals surface area contributed by atoms with Crippen molar-refractivity contribution in [3.8, 4) is 17.4 Å². The van der Waals surface area contributed by atoms with Gasteiger partial charge in [0.25, 0.3) is 0 Å². The maximum atomic E-state index is 13.2. The van der Waals surface area contributed by atoms with Crippen molar-refractivity contribution in [3.05, 3.63) is 30.1 Å². The van der Waals surface area contributed by atoms with Gasteiger partial charge in [0.05, 0.1) is 6.61 Å². The SMILES string of the molecule is CCOc1nc(N2CCC(=O)CC2)c2nc(-c3ccc(F)cc3)nnc2n1. The van der Waals surface area contributed by atoms with Crippen molar-refractivity contribution < 1.29 is 13.9 Å². The van der Waals surface area contributed by atoms with Crippen LogP contribution < -0.4 is 9.64 Å². The molecule has 9 heteroatoms. The number of ketones is 1. The normalized spacial score (nSPS) is 14.6. The molecule has 1 saturated heterocycles. The van der Waals surface area contributed by atoms with Crippen molar-refractivity contribution in [1.29, 1.82) is 0 Å². The average molecular weight is 368 g/mol. The van der Waals surface area contributed by atoms with Gasteiger partial charge in [-0.3, -0.25) is 4.79 Å². The standard InChI is InChI=1S/C18H17FN6O2/c1-2-27-18-21-16-14(17(22-18)25-9-7-13(26)8-10-25)20-15(23-24-16)11-3-5-12(19)6-4-11/h3-6H,2,7-10H2,1H3. The van der Waals surface area contributed by atoms with Crippen molar-refractivity contribution >= 4 is 22.8 Å². The number of hydrogen-bond acceptors (Lipinski definition) is 8. The lowest BCUT2D eigenvalue weighted by Gasteiger charge is -2.27. The molecule has 0 bridgehead atoms. The molecule has 2 aromatic heterocycles. The second kappa shape index (κ2) is 7.18. The third-order valence-corrected chi connectivity index (χ3v) is 4.28. The Hall–Kier alpha value is -3.23. The van der Waals surface area contributed by atoms with E-state index in [9.17, 15) is 9.18 Å². The largest absolute Gasteiger partial charge is 0.464 e. The number of benzene rings is 1. The van der Waals surface area contributed by atoms with Crippen LogP contribution in [-0.2, 0) is 4.79 Å². The van der Waals surface area contributed by atoms with E-state index in [0.717, 1.165) is 0 Å². The highest BCUT2D eigenvalue weighted by atomic mass is 19.1.